The minimum atomic E-state index is -0.0376. The van der Waals surface area contributed by atoms with Gasteiger partial charge >= 0.3 is 0 Å². The topological polar surface area (TPSA) is 58.6 Å². The van der Waals surface area contributed by atoms with Crippen LogP contribution in [0.4, 0.5) is 0 Å². The first kappa shape index (κ1) is 21.1. The number of thiophene rings is 1. The Morgan fingerprint density at radius 2 is 1.74 bits per heavy atom. The van der Waals surface area contributed by atoms with E-state index in [1.165, 1.54) is 16.9 Å². The Morgan fingerprint density at radius 3 is 2.48 bits per heavy atom. The fourth-order valence-corrected chi connectivity index (χ4v) is 4.41. The average molecular weight is 435 g/mol. The van der Waals surface area contributed by atoms with Crippen LogP contribution in [0.2, 0.25) is 0 Å². The number of carbonyl (C=O) groups is 2. The number of benzene rings is 2. The van der Waals surface area contributed by atoms with Crippen molar-refractivity contribution < 1.29 is 14.3 Å². The van der Waals surface area contributed by atoms with E-state index in [-0.39, 0.29) is 24.5 Å². The lowest BCUT2D eigenvalue weighted by Crippen LogP contribution is -2.47. The van der Waals surface area contributed by atoms with Crippen LogP contribution >= 0.6 is 11.3 Å². The van der Waals surface area contributed by atoms with Crippen molar-refractivity contribution in [1.29, 1.82) is 0 Å². The summed E-state index contributed by atoms with van der Waals surface area (Å²) in [5.74, 6) is 0.694. The number of nitrogens with zero attached hydrogens (tertiary/aromatic N) is 1. The molecule has 160 valence electrons. The fourth-order valence-electron chi connectivity index (χ4n) is 3.77. The van der Waals surface area contributed by atoms with E-state index in [1.807, 2.05) is 64.2 Å². The number of para-hydroxylation sites is 1. The van der Waals surface area contributed by atoms with Crippen LogP contribution in [0.3, 0.4) is 0 Å². The highest BCUT2D eigenvalue weighted by molar-refractivity contribution is 7.08. The molecular formula is C25H26N2O3S. The maximum atomic E-state index is 12.7. The monoisotopic (exact) mass is 434 g/mol. The molecule has 2 heterocycles. The first-order valence-corrected chi connectivity index (χ1v) is 11.5. The largest absolute Gasteiger partial charge is 0.483 e. The molecule has 1 saturated heterocycles. The Morgan fingerprint density at radius 1 is 1.00 bits per heavy atom. The summed E-state index contributed by atoms with van der Waals surface area (Å²) < 4.78 is 5.90. The molecule has 0 saturated carbocycles. The molecule has 3 aromatic rings. The molecule has 0 radical (unpaired) electrons. The number of rotatable bonds is 7. The SMILES string of the molecule is O=C(NC1CCN(C(=O)COc2ccccc2Cc2ccccc2)CC1)c1ccsc1. The van der Waals surface area contributed by atoms with Crippen molar-refractivity contribution >= 4 is 23.2 Å². The molecule has 0 bridgehead atoms. The fraction of sp³-hybridized carbons (Fsp3) is 0.280. The minimum absolute atomic E-state index is 0.0166. The molecule has 2 aromatic carbocycles. The van der Waals surface area contributed by atoms with Gasteiger partial charge in [-0.2, -0.15) is 11.3 Å². The third kappa shape index (κ3) is 5.73. The van der Waals surface area contributed by atoms with E-state index in [2.05, 4.69) is 17.4 Å². The van der Waals surface area contributed by atoms with Crippen molar-refractivity contribution in [3.63, 3.8) is 0 Å². The summed E-state index contributed by atoms with van der Waals surface area (Å²) in [5.41, 5.74) is 2.97. The van der Waals surface area contributed by atoms with Crippen molar-refractivity contribution in [2.24, 2.45) is 0 Å². The van der Waals surface area contributed by atoms with E-state index in [0.717, 1.165) is 30.6 Å². The van der Waals surface area contributed by atoms with Gasteiger partial charge in [0.25, 0.3) is 11.8 Å². The zero-order chi connectivity index (χ0) is 21.5. The number of piperidine rings is 1. The predicted octanol–water partition coefficient (Wildman–Crippen LogP) is 4.14. The molecule has 0 spiro atoms. The number of likely N-dealkylation sites (tertiary alicyclic amines) is 1. The number of amides is 2. The molecule has 1 N–H and O–H groups in total. The van der Waals surface area contributed by atoms with Crippen LogP contribution in [0.25, 0.3) is 0 Å². The maximum absolute atomic E-state index is 12.7. The summed E-state index contributed by atoms with van der Waals surface area (Å²) in [5, 5.41) is 6.81. The smallest absolute Gasteiger partial charge is 0.260 e. The normalized spacial score (nSPS) is 14.3. The van der Waals surface area contributed by atoms with Gasteiger partial charge in [0.1, 0.15) is 5.75 Å². The van der Waals surface area contributed by atoms with E-state index in [9.17, 15) is 9.59 Å². The number of hydrogen-bond acceptors (Lipinski definition) is 4. The molecule has 1 aliphatic rings. The van der Waals surface area contributed by atoms with Gasteiger partial charge in [-0.25, -0.2) is 0 Å². The van der Waals surface area contributed by atoms with Gasteiger partial charge in [0.05, 0.1) is 0 Å². The second-order valence-electron chi connectivity index (χ2n) is 7.70. The second-order valence-corrected chi connectivity index (χ2v) is 8.48. The van der Waals surface area contributed by atoms with Crippen LogP contribution in [0.15, 0.2) is 71.4 Å². The Balaban J connectivity index is 1.26. The summed E-state index contributed by atoms with van der Waals surface area (Å²) in [4.78, 5) is 26.7. The zero-order valence-electron chi connectivity index (χ0n) is 17.3. The molecule has 0 atom stereocenters. The van der Waals surface area contributed by atoms with Gasteiger partial charge in [0.2, 0.25) is 0 Å². The molecule has 4 rings (SSSR count). The number of nitrogens with one attached hydrogen (secondary N) is 1. The summed E-state index contributed by atoms with van der Waals surface area (Å²) in [6, 6.07) is 20.0. The van der Waals surface area contributed by atoms with Crippen LogP contribution in [0.1, 0.15) is 34.3 Å². The van der Waals surface area contributed by atoms with E-state index in [0.29, 0.717) is 18.7 Å². The highest BCUT2D eigenvalue weighted by Crippen LogP contribution is 2.22. The Kier molecular flexibility index (Phi) is 6.99. The van der Waals surface area contributed by atoms with Crippen molar-refractivity contribution in [1.82, 2.24) is 10.2 Å². The number of hydrogen-bond donors (Lipinski definition) is 1. The first-order chi connectivity index (χ1) is 15.2. The van der Waals surface area contributed by atoms with Crippen molar-refractivity contribution in [3.05, 3.63) is 88.1 Å². The first-order valence-electron chi connectivity index (χ1n) is 10.5. The Bertz CT molecular complexity index is 997. The standard InChI is InChI=1S/C25H26N2O3S/c28-24(27-13-10-22(11-14-27)26-25(29)21-12-15-31-18-21)17-30-23-9-5-4-8-20(23)16-19-6-2-1-3-7-19/h1-9,12,15,18,22H,10-11,13-14,16-17H2,(H,26,29). The van der Waals surface area contributed by atoms with E-state index in [1.54, 1.807) is 0 Å². The highest BCUT2D eigenvalue weighted by atomic mass is 32.1. The van der Waals surface area contributed by atoms with Crippen LogP contribution in [0, 0.1) is 0 Å². The molecule has 0 unspecified atom stereocenters. The molecule has 6 heteroatoms. The molecule has 1 aliphatic heterocycles. The van der Waals surface area contributed by atoms with Crippen LogP contribution < -0.4 is 10.1 Å². The summed E-state index contributed by atoms with van der Waals surface area (Å²) in [6.07, 6.45) is 2.28. The van der Waals surface area contributed by atoms with Crippen molar-refractivity contribution in [2.45, 2.75) is 25.3 Å². The quantitative estimate of drug-likeness (QED) is 0.608. The molecule has 31 heavy (non-hydrogen) atoms. The number of ether oxygens (including phenoxy) is 1. The molecule has 5 nitrogen and oxygen atoms in total. The van der Waals surface area contributed by atoms with Crippen LogP contribution in [0.5, 0.6) is 5.75 Å². The van der Waals surface area contributed by atoms with Gasteiger partial charge in [-0.05, 0) is 41.5 Å². The second kappa shape index (κ2) is 10.3. The van der Waals surface area contributed by atoms with Gasteiger partial charge in [-0.3, -0.25) is 9.59 Å². The lowest BCUT2D eigenvalue weighted by Gasteiger charge is -2.32. The lowest BCUT2D eigenvalue weighted by atomic mass is 10.0. The Hall–Kier alpha value is -3.12. The third-order valence-electron chi connectivity index (χ3n) is 5.53. The van der Waals surface area contributed by atoms with Gasteiger partial charge in [0, 0.05) is 36.5 Å². The van der Waals surface area contributed by atoms with Crippen molar-refractivity contribution in [2.75, 3.05) is 19.7 Å². The predicted molar refractivity (Wildman–Crippen MR) is 123 cm³/mol. The van der Waals surface area contributed by atoms with Crippen LogP contribution in [-0.2, 0) is 11.2 Å². The lowest BCUT2D eigenvalue weighted by molar-refractivity contribution is -0.134. The van der Waals surface area contributed by atoms with E-state index in [4.69, 9.17) is 4.74 Å². The minimum Gasteiger partial charge on any atom is -0.483 e. The summed E-state index contributed by atoms with van der Waals surface area (Å²) in [7, 11) is 0. The van der Waals surface area contributed by atoms with Gasteiger partial charge in [-0.15, -0.1) is 0 Å². The molecule has 1 aromatic heterocycles. The van der Waals surface area contributed by atoms with Gasteiger partial charge in [0.15, 0.2) is 6.61 Å². The van der Waals surface area contributed by atoms with E-state index >= 15 is 0 Å². The molecule has 2 amide bonds. The average Bonchev–Trinajstić information content (AvgIpc) is 3.35. The van der Waals surface area contributed by atoms with Crippen LogP contribution in [-0.4, -0.2) is 42.5 Å². The summed E-state index contributed by atoms with van der Waals surface area (Å²) in [6.45, 7) is 1.28. The van der Waals surface area contributed by atoms with Gasteiger partial charge in [-0.1, -0.05) is 48.5 Å². The molecular weight excluding hydrogens is 408 g/mol. The molecule has 0 aliphatic carbocycles. The van der Waals surface area contributed by atoms with Gasteiger partial charge < -0.3 is 15.0 Å². The van der Waals surface area contributed by atoms with Crippen molar-refractivity contribution in [3.8, 4) is 5.75 Å². The Labute approximate surface area is 186 Å². The zero-order valence-corrected chi connectivity index (χ0v) is 18.1. The maximum Gasteiger partial charge on any atom is 0.260 e. The highest BCUT2D eigenvalue weighted by Gasteiger charge is 2.24. The third-order valence-corrected chi connectivity index (χ3v) is 6.21. The molecule has 1 fully saturated rings. The summed E-state index contributed by atoms with van der Waals surface area (Å²) >= 11 is 1.51. The van der Waals surface area contributed by atoms with E-state index < -0.39 is 0 Å². The number of carbonyl (C=O) groups excluding carboxylic acids is 2.